The Morgan fingerprint density at radius 3 is 3.00 bits per heavy atom. The lowest BCUT2D eigenvalue weighted by molar-refractivity contribution is -0.116. The van der Waals surface area contributed by atoms with Crippen LogP contribution in [0.25, 0.3) is 11.4 Å². The van der Waals surface area contributed by atoms with Crippen LogP contribution >= 0.6 is 46.7 Å². The van der Waals surface area contributed by atoms with E-state index in [0.29, 0.717) is 15.7 Å². The molecule has 1 aromatic carbocycles. The smallest absolute Gasteiger partial charge is 0.246 e. The van der Waals surface area contributed by atoms with E-state index in [1.54, 1.807) is 27.7 Å². The average molecular weight is 461 g/mol. The summed E-state index contributed by atoms with van der Waals surface area (Å²) in [6.45, 7) is 2.04. The molecule has 148 valence electrons. The predicted octanol–water partition coefficient (Wildman–Crippen LogP) is 4.76. The number of hydrogen-bond donors (Lipinski definition) is 2. The molecule has 0 aliphatic carbocycles. The summed E-state index contributed by atoms with van der Waals surface area (Å²) in [7, 11) is 0. The minimum absolute atomic E-state index is 0.0376. The second-order valence-corrected chi connectivity index (χ2v) is 9.72. The summed E-state index contributed by atoms with van der Waals surface area (Å²) in [4.78, 5) is 13.8. The molecule has 0 aliphatic heterocycles. The Bertz CT molecular complexity index is 1180. The number of rotatable bonds is 7. The van der Waals surface area contributed by atoms with Crippen LogP contribution in [-0.2, 0) is 17.1 Å². The molecule has 29 heavy (non-hydrogen) atoms. The fraction of sp³-hybridized carbons (Fsp3) is 0.167. The van der Waals surface area contributed by atoms with Crippen LogP contribution in [0.2, 0.25) is 0 Å². The highest BCUT2D eigenvalue weighted by atomic mass is 32.2. The van der Waals surface area contributed by atoms with E-state index in [-0.39, 0.29) is 12.5 Å². The summed E-state index contributed by atoms with van der Waals surface area (Å²) in [5.41, 5.74) is 2.00. The van der Waals surface area contributed by atoms with Crippen molar-refractivity contribution in [3.05, 3.63) is 57.0 Å². The second kappa shape index (κ2) is 8.99. The van der Waals surface area contributed by atoms with E-state index in [9.17, 15) is 4.79 Å². The first-order valence-corrected chi connectivity index (χ1v) is 11.7. The van der Waals surface area contributed by atoms with Gasteiger partial charge in [0.05, 0.1) is 0 Å². The number of thiophene rings is 1. The van der Waals surface area contributed by atoms with E-state index >= 15 is 0 Å². The number of anilines is 1. The lowest BCUT2D eigenvalue weighted by Gasteiger charge is -2.07. The number of amides is 1. The van der Waals surface area contributed by atoms with Gasteiger partial charge < -0.3 is 0 Å². The number of thioether (sulfide) groups is 1. The fourth-order valence-corrected chi connectivity index (χ4v) is 5.36. The Labute approximate surface area is 184 Å². The van der Waals surface area contributed by atoms with Crippen molar-refractivity contribution in [3.8, 4) is 11.4 Å². The van der Waals surface area contributed by atoms with Gasteiger partial charge in [-0.2, -0.15) is 5.10 Å². The van der Waals surface area contributed by atoms with Gasteiger partial charge in [0, 0.05) is 16.2 Å². The van der Waals surface area contributed by atoms with E-state index in [0.717, 1.165) is 21.2 Å². The first-order chi connectivity index (χ1) is 14.1. The third kappa shape index (κ3) is 4.99. The summed E-state index contributed by atoms with van der Waals surface area (Å²) in [5.74, 6) is 1.23. The molecule has 0 aliphatic rings. The van der Waals surface area contributed by atoms with Gasteiger partial charge >= 0.3 is 0 Å². The Hall–Kier alpha value is -2.34. The van der Waals surface area contributed by atoms with Crippen molar-refractivity contribution >= 4 is 57.7 Å². The largest absolute Gasteiger partial charge is 0.299 e. The van der Waals surface area contributed by atoms with Crippen molar-refractivity contribution in [1.82, 2.24) is 25.0 Å². The first kappa shape index (κ1) is 20.0. The first-order valence-electron chi connectivity index (χ1n) is 8.59. The predicted molar refractivity (Wildman–Crippen MR) is 120 cm³/mol. The SMILES string of the molecule is Cc1cccc(-c2n[nH]c(=S)n2CC(=O)Nc2nnc(SCc3cccs3)s2)c1. The Kier molecular flexibility index (Phi) is 6.19. The molecular formula is C18H16N6OS4. The number of H-pyrrole nitrogens is 1. The standard InChI is InChI=1S/C18H16N6OS4/c1-11-4-2-5-12(8-11)15-20-22-17(26)24(15)9-14(25)19-16-21-23-18(29-16)28-10-13-6-3-7-27-13/h2-8H,9-10H2,1H3,(H,22,26)(H,19,21,25). The summed E-state index contributed by atoms with van der Waals surface area (Å²) >= 11 is 9.97. The maximum Gasteiger partial charge on any atom is 0.246 e. The highest BCUT2D eigenvalue weighted by molar-refractivity contribution is 8.00. The van der Waals surface area contributed by atoms with Gasteiger partial charge in [-0.05, 0) is 36.7 Å². The van der Waals surface area contributed by atoms with E-state index in [4.69, 9.17) is 12.2 Å². The van der Waals surface area contributed by atoms with Gasteiger partial charge in [0.2, 0.25) is 11.0 Å². The molecule has 0 unspecified atom stereocenters. The van der Waals surface area contributed by atoms with Gasteiger partial charge in [0.1, 0.15) is 6.54 Å². The molecule has 7 nitrogen and oxygen atoms in total. The Morgan fingerprint density at radius 1 is 1.31 bits per heavy atom. The van der Waals surface area contributed by atoms with Crippen molar-refractivity contribution in [1.29, 1.82) is 0 Å². The molecule has 0 bridgehead atoms. The van der Waals surface area contributed by atoms with E-state index in [1.165, 1.54) is 16.2 Å². The zero-order valence-electron chi connectivity index (χ0n) is 15.3. The molecule has 0 spiro atoms. The summed E-state index contributed by atoms with van der Waals surface area (Å²) < 4.78 is 2.88. The lowest BCUT2D eigenvalue weighted by atomic mass is 10.1. The topological polar surface area (TPSA) is 88.5 Å². The molecular weight excluding hydrogens is 445 g/mol. The molecule has 0 fully saturated rings. The zero-order chi connectivity index (χ0) is 20.2. The third-order valence-corrected chi connectivity index (χ3v) is 7.30. The van der Waals surface area contributed by atoms with E-state index < -0.39 is 0 Å². The van der Waals surface area contributed by atoms with Crippen LogP contribution in [0.3, 0.4) is 0 Å². The van der Waals surface area contributed by atoms with E-state index in [2.05, 4.69) is 31.8 Å². The molecule has 1 amide bonds. The van der Waals surface area contributed by atoms with Gasteiger partial charge in [-0.15, -0.1) is 21.5 Å². The van der Waals surface area contributed by atoms with Crippen molar-refractivity contribution < 1.29 is 4.79 Å². The molecule has 0 saturated carbocycles. The minimum atomic E-state index is -0.234. The van der Waals surface area contributed by atoms with Crippen LogP contribution < -0.4 is 5.32 Å². The molecule has 0 saturated heterocycles. The maximum absolute atomic E-state index is 12.6. The lowest BCUT2D eigenvalue weighted by Crippen LogP contribution is -2.19. The van der Waals surface area contributed by atoms with Gasteiger partial charge in [-0.1, -0.05) is 52.9 Å². The molecule has 2 N–H and O–H groups in total. The molecule has 4 rings (SSSR count). The maximum atomic E-state index is 12.6. The molecule has 4 aromatic rings. The fourth-order valence-electron chi connectivity index (χ4n) is 2.62. The number of hydrogen-bond acceptors (Lipinski definition) is 8. The highest BCUT2D eigenvalue weighted by Gasteiger charge is 2.14. The molecule has 0 radical (unpaired) electrons. The van der Waals surface area contributed by atoms with Gasteiger partial charge in [-0.3, -0.25) is 19.8 Å². The Balaban J connectivity index is 1.42. The normalized spacial score (nSPS) is 10.9. The number of aromatic nitrogens is 5. The average Bonchev–Trinajstić information content (AvgIpc) is 3.43. The monoisotopic (exact) mass is 460 g/mol. The number of aromatic amines is 1. The van der Waals surface area contributed by atoms with Crippen LogP contribution in [0.1, 0.15) is 10.4 Å². The third-order valence-electron chi connectivity index (χ3n) is 3.91. The Morgan fingerprint density at radius 2 is 2.21 bits per heavy atom. The van der Waals surface area contributed by atoms with Crippen LogP contribution in [-0.4, -0.2) is 30.9 Å². The summed E-state index contributed by atoms with van der Waals surface area (Å²) in [6.07, 6.45) is 0. The van der Waals surface area contributed by atoms with Crippen molar-refractivity contribution in [2.45, 2.75) is 23.6 Å². The number of nitrogens with one attached hydrogen (secondary N) is 2. The summed E-state index contributed by atoms with van der Waals surface area (Å²) in [5, 5.41) is 20.6. The number of carbonyl (C=O) groups is 1. The quantitative estimate of drug-likeness (QED) is 0.235. The van der Waals surface area contributed by atoms with Gasteiger partial charge in [-0.25, -0.2) is 0 Å². The number of nitrogens with zero attached hydrogens (tertiary/aromatic N) is 4. The molecule has 3 heterocycles. The van der Waals surface area contributed by atoms with Gasteiger partial charge in [0.25, 0.3) is 0 Å². The number of benzene rings is 1. The van der Waals surface area contributed by atoms with Crippen LogP contribution in [0.5, 0.6) is 0 Å². The number of aryl methyl sites for hydroxylation is 1. The van der Waals surface area contributed by atoms with Crippen LogP contribution in [0.4, 0.5) is 5.13 Å². The van der Waals surface area contributed by atoms with Crippen LogP contribution in [0.15, 0.2) is 46.1 Å². The van der Waals surface area contributed by atoms with Crippen molar-refractivity contribution in [2.24, 2.45) is 0 Å². The van der Waals surface area contributed by atoms with E-state index in [1.807, 2.05) is 42.6 Å². The molecule has 3 aromatic heterocycles. The zero-order valence-corrected chi connectivity index (χ0v) is 18.6. The highest BCUT2D eigenvalue weighted by Crippen LogP contribution is 2.29. The van der Waals surface area contributed by atoms with Crippen LogP contribution in [0, 0.1) is 11.7 Å². The van der Waals surface area contributed by atoms with Crippen molar-refractivity contribution in [2.75, 3.05) is 5.32 Å². The molecule has 0 atom stereocenters. The van der Waals surface area contributed by atoms with Gasteiger partial charge in [0.15, 0.2) is 14.9 Å². The number of carbonyl (C=O) groups excluding carboxylic acids is 1. The second-order valence-electron chi connectivity index (χ2n) is 6.10. The summed E-state index contributed by atoms with van der Waals surface area (Å²) in [6, 6.07) is 12.0. The minimum Gasteiger partial charge on any atom is -0.299 e. The van der Waals surface area contributed by atoms with Crippen molar-refractivity contribution in [3.63, 3.8) is 0 Å². The molecule has 11 heteroatoms.